The fourth-order valence-corrected chi connectivity index (χ4v) is 17.1. The molecule has 0 aliphatic carbocycles. The molecule has 0 fully saturated rings. The van der Waals surface area contributed by atoms with Gasteiger partial charge in [-0.3, -0.25) is 38.7 Å². The van der Waals surface area contributed by atoms with Crippen molar-refractivity contribution in [2.75, 3.05) is 0 Å². The van der Waals surface area contributed by atoms with Gasteiger partial charge in [0.1, 0.15) is 17.3 Å². The molecule has 0 aliphatic heterocycles. The van der Waals surface area contributed by atoms with E-state index in [9.17, 15) is 28.8 Å². The Kier molecular flexibility index (Phi) is 31.2. The van der Waals surface area contributed by atoms with Crippen LogP contribution in [-0.2, 0) is 14.4 Å². The van der Waals surface area contributed by atoms with Gasteiger partial charge < -0.3 is 0 Å². The molecule has 0 N–H and O–H groups in total. The molecular formula is C105H119B3EuN2O6+3. The van der Waals surface area contributed by atoms with Crippen molar-refractivity contribution in [2.24, 2.45) is 16.2 Å². The maximum absolute atomic E-state index is 12.8. The molecule has 0 bridgehead atoms. The number of hydrogen-bond donors (Lipinski definition) is 0. The molecule has 598 valence electrons. The van der Waals surface area contributed by atoms with Crippen molar-refractivity contribution in [1.29, 1.82) is 0 Å². The van der Waals surface area contributed by atoms with Crippen molar-refractivity contribution in [3.63, 3.8) is 0 Å². The van der Waals surface area contributed by atoms with E-state index in [0.29, 0.717) is 16.7 Å². The molecule has 0 aliphatic rings. The molecule has 0 amide bonds. The first-order valence-electron chi connectivity index (χ1n) is 40.9. The maximum atomic E-state index is 12.8. The second-order valence-corrected chi connectivity index (χ2v) is 36.1. The molecular weight excluding hydrogens is 1570 g/mol. The van der Waals surface area contributed by atoms with E-state index in [1.165, 1.54) is 133 Å². The number of aromatic nitrogens is 2. The predicted molar refractivity (Wildman–Crippen MR) is 494 cm³/mol. The summed E-state index contributed by atoms with van der Waals surface area (Å²) >= 11 is 0. The minimum absolute atomic E-state index is 0. The third-order valence-corrected chi connectivity index (χ3v) is 22.7. The van der Waals surface area contributed by atoms with Crippen LogP contribution < -0.4 is 49.2 Å². The van der Waals surface area contributed by atoms with Crippen LogP contribution in [0.25, 0.3) is 21.8 Å². The average Bonchev–Trinajstić information content (AvgIpc) is 0.762. The smallest absolute Gasteiger partial charge is 0.299 e. The first kappa shape index (κ1) is 93.3. The van der Waals surface area contributed by atoms with E-state index in [0.717, 1.165) is 38.2 Å². The summed E-state index contributed by atoms with van der Waals surface area (Å²) in [4.78, 5) is 84.2. The Balaban J connectivity index is 0.000000201. The summed E-state index contributed by atoms with van der Waals surface area (Å²) in [5, 5.41) is 2.28. The van der Waals surface area contributed by atoms with Gasteiger partial charge in [0.25, 0.3) is 0 Å². The monoisotopic (exact) mass is 1690 g/mol. The van der Waals surface area contributed by atoms with Crippen molar-refractivity contribution in [1.82, 2.24) is 9.97 Å². The van der Waals surface area contributed by atoms with Crippen molar-refractivity contribution in [3.05, 3.63) is 311 Å². The molecule has 2 heterocycles. The molecule has 0 radical (unpaired) electrons. The van der Waals surface area contributed by atoms with Crippen LogP contribution in [0, 0.1) is 190 Å². The number of carbonyl (C=O) groups excluding carboxylic acids is 6. The third kappa shape index (κ3) is 23.0. The minimum Gasteiger partial charge on any atom is -0.299 e. The number of aryl methyl sites for hydroxylation is 18. The van der Waals surface area contributed by atoms with Crippen LogP contribution in [0.2, 0.25) is 0 Å². The fraction of sp³-hybridized carbons (Fsp3) is 0.314. The molecule has 0 unspecified atom stereocenters. The summed E-state index contributed by atoms with van der Waals surface area (Å²) in [6.45, 7) is 56.1. The number of Topliss-reactive ketones (excluding diaryl/α,β-unsaturated/α-hetero) is 6. The first-order chi connectivity index (χ1) is 54.3. The first-order valence-corrected chi connectivity index (χ1v) is 40.9. The Hall–Kier alpha value is -9.18. The summed E-state index contributed by atoms with van der Waals surface area (Å²) in [5.74, 6) is -0.445. The summed E-state index contributed by atoms with van der Waals surface area (Å²) in [6.07, 6.45) is 3.43. The Morgan fingerprint density at radius 1 is 0.256 bits per heavy atom. The summed E-state index contributed by atoms with van der Waals surface area (Å²) < 4.78 is 0. The van der Waals surface area contributed by atoms with Crippen molar-refractivity contribution < 1.29 is 78.1 Å². The zero-order valence-electron chi connectivity index (χ0n) is 74.6. The molecule has 8 nitrogen and oxygen atoms in total. The largest absolute Gasteiger partial charge is 3.00 e. The molecule has 12 aromatic rings. The van der Waals surface area contributed by atoms with Crippen LogP contribution in [0.15, 0.2) is 194 Å². The molecule has 0 spiro atoms. The van der Waals surface area contributed by atoms with Crippen LogP contribution in [0.1, 0.15) is 213 Å². The van der Waals surface area contributed by atoms with E-state index in [-0.39, 0.29) is 123 Å². The van der Waals surface area contributed by atoms with E-state index in [4.69, 9.17) is 0 Å². The molecule has 12 rings (SSSR count). The van der Waals surface area contributed by atoms with Gasteiger partial charge in [0.2, 0.25) is 20.1 Å². The molecule has 10 aromatic carbocycles. The van der Waals surface area contributed by atoms with Crippen molar-refractivity contribution in [2.45, 2.75) is 206 Å². The number of fused-ring (bicyclic) bond motifs is 3. The second-order valence-electron chi connectivity index (χ2n) is 36.1. The van der Waals surface area contributed by atoms with Gasteiger partial charge in [0, 0.05) is 56.1 Å². The number of hydrogen-bond acceptors (Lipinski definition) is 8. The van der Waals surface area contributed by atoms with Gasteiger partial charge in [-0.15, -0.1) is 0 Å². The molecule has 0 atom stereocenters. The number of benzene rings is 10. The minimum atomic E-state index is -0.512. The number of rotatable bonds is 18. The van der Waals surface area contributed by atoms with Crippen LogP contribution in [0.4, 0.5) is 0 Å². The van der Waals surface area contributed by atoms with Gasteiger partial charge in [-0.1, -0.05) is 381 Å². The van der Waals surface area contributed by atoms with Gasteiger partial charge in [-0.25, -0.2) is 0 Å². The number of pyridine rings is 2. The normalized spacial score (nSPS) is 11.3. The number of ketones is 6. The summed E-state index contributed by atoms with van der Waals surface area (Å²) in [7, 11) is 0. The topological polar surface area (TPSA) is 128 Å². The van der Waals surface area contributed by atoms with Crippen molar-refractivity contribution >= 4 is 126 Å². The standard InChI is InChI=1S/3C31H37BO2.C12H8N2.Eu/c3*1-19-14-21(3)29(22(4)15-19)32(30-23(5)16-20(2)17-24(30)6)26-12-10-25(11-13-26)27(33)18-28(34)31(7,8)9;1-3-9-5-6-10-4-2-8-14-12(10)11(9)13-7-1;/h3*10-17H,18H2,1-9H3;1-8H;/q;;;;+3. The quantitative estimate of drug-likeness (QED) is 0.0360. The summed E-state index contributed by atoms with van der Waals surface area (Å²) in [5.41, 5.74) is 36.5. The van der Waals surface area contributed by atoms with Gasteiger partial charge in [-0.05, 0) is 137 Å². The van der Waals surface area contributed by atoms with Gasteiger partial charge in [-0.2, -0.15) is 0 Å². The van der Waals surface area contributed by atoms with E-state index in [1.807, 2.05) is 111 Å². The second kappa shape index (κ2) is 39.1. The van der Waals surface area contributed by atoms with Gasteiger partial charge in [0.15, 0.2) is 17.3 Å². The van der Waals surface area contributed by atoms with Crippen molar-refractivity contribution in [3.8, 4) is 0 Å². The molecule has 117 heavy (non-hydrogen) atoms. The van der Waals surface area contributed by atoms with Gasteiger partial charge in [0.05, 0.1) is 30.3 Å². The van der Waals surface area contributed by atoms with E-state index < -0.39 is 16.2 Å². The molecule has 2 aromatic heterocycles. The molecule has 0 saturated heterocycles. The van der Waals surface area contributed by atoms with Crippen LogP contribution >= 0.6 is 0 Å². The number of carbonyl (C=O) groups is 6. The Morgan fingerprint density at radius 3 is 0.590 bits per heavy atom. The average molecular weight is 1690 g/mol. The van der Waals surface area contributed by atoms with E-state index >= 15 is 0 Å². The Bertz CT molecular complexity index is 4900. The number of nitrogens with zero attached hydrogens (tertiary/aromatic N) is 2. The SMILES string of the molecule is Cc1cc(C)c(B(c2ccc(C(=O)CC(=O)C(C)(C)C)cc2)c2c(C)cc(C)cc2C)c(C)c1.Cc1cc(C)c(B(c2ccc(C(=O)CC(=O)C(C)(C)C)cc2)c2c(C)cc(C)cc2C)c(C)c1.Cc1cc(C)c(B(c2ccc(C(=O)CC(=O)C(C)(C)C)cc2)c2c(C)cc(C)cc2C)c(C)c1.[Eu+3].c1cnc2c(c1)ccc1cccnc12. The van der Waals surface area contributed by atoms with Gasteiger partial charge >= 0.3 is 49.4 Å². The zero-order valence-corrected chi connectivity index (χ0v) is 77.0. The van der Waals surface area contributed by atoms with Crippen LogP contribution in [0.5, 0.6) is 0 Å². The maximum Gasteiger partial charge on any atom is 3.00 e. The fourth-order valence-electron chi connectivity index (χ4n) is 17.1. The van der Waals surface area contributed by atoms with E-state index in [2.05, 4.69) is 268 Å². The van der Waals surface area contributed by atoms with Crippen LogP contribution in [0.3, 0.4) is 0 Å². The molecule has 0 saturated carbocycles. The molecule has 12 heteroatoms. The van der Waals surface area contributed by atoms with Crippen LogP contribution in [-0.4, -0.2) is 64.8 Å². The Morgan fingerprint density at radius 2 is 0.427 bits per heavy atom. The zero-order chi connectivity index (χ0) is 85.5. The third-order valence-electron chi connectivity index (χ3n) is 22.7. The Labute approximate surface area is 740 Å². The predicted octanol–water partition coefficient (Wildman–Crippen LogP) is 18.5. The van der Waals surface area contributed by atoms with E-state index in [1.54, 1.807) is 12.4 Å². The summed E-state index contributed by atoms with van der Waals surface area (Å²) in [6, 6.07) is 62.9.